The molecule has 172 valence electrons. The Bertz CT molecular complexity index is 1540. The minimum Gasteiger partial charge on any atom is -0.496 e. The van der Waals surface area contributed by atoms with E-state index in [0.29, 0.717) is 21.9 Å². The van der Waals surface area contributed by atoms with Crippen LogP contribution < -0.4 is 10.3 Å². The Morgan fingerprint density at radius 2 is 1.79 bits per heavy atom. The van der Waals surface area contributed by atoms with E-state index in [1.165, 1.54) is 30.7 Å². The van der Waals surface area contributed by atoms with E-state index < -0.39 is 21.4 Å². The van der Waals surface area contributed by atoms with Gasteiger partial charge in [-0.05, 0) is 29.1 Å². The SMILES string of the molecule is CCS(=O)(=O)Cc1cc(-c2cn(C)c(=O)c3ccc(-c4cnn(C)c4)cc23)c(OC)cc1F. The molecule has 0 aliphatic heterocycles. The first-order chi connectivity index (χ1) is 15.6. The van der Waals surface area contributed by atoms with Crippen molar-refractivity contribution in [2.75, 3.05) is 12.9 Å². The number of pyridine rings is 1. The van der Waals surface area contributed by atoms with Crippen molar-refractivity contribution in [2.24, 2.45) is 14.1 Å². The molecule has 4 rings (SSSR count). The molecule has 0 bridgehead atoms. The number of benzene rings is 2. The topological polar surface area (TPSA) is 83.2 Å². The van der Waals surface area contributed by atoms with Gasteiger partial charge in [-0.2, -0.15) is 5.10 Å². The first-order valence-electron chi connectivity index (χ1n) is 10.3. The van der Waals surface area contributed by atoms with Crippen molar-refractivity contribution in [1.29, 1.82) is 0 Å². The van der Waals surface area contributed by atoms with Crippen molar-refractivity contribution in [1.82, 2.24) is 14.3 Å². The van der Waals surface area contributed by atoms with E-state index >= 15 is 0 Å². The van der Waals surface area contributed by atoms with Gasteiger partial charge in [-0.25, -0.2) is 12.8 Å². The maximum absolute atomic E-state index is 14.7. The molecule has 0 amide bonds. The Morgan fingerprint density at radius 1 is 1.03 bits per heavy atom. The Labute approximate surface area is 191 Å². The van der Waals surface area contributed by atoms with Gasteiger partial charge in [-0.1, -0.05) is 13.0 Å². The largest absolute Gasteiger partial charge is 0.496 e. The number of aryl methyl sites for hydroxylation is 2. The molecule has 0 saturated carbocycles. The Hall–Kier alpha value is -3.46. The van der Waals surface area contributed by atoms with Gasteiger partial charge in [0.1, 0.15) is 11.6 Å². The van der Waals surface area contributed by atoms with Crippen LogP contribution in [0.15, 0.2) is 53.7 Å². The zero-order valence-corrected chi connectivity index (χ0v) is 19.6. The van der Waals surface area contributed by atoms with E-state index in [-0.39, 0.29) is 22.6 Å². The lowest BCUT2D eigenvalue weighted by molar-refractivity contribution is 0.412. The first kappa shape index (κ1) is 22.7. The van der Waals surface area contributed by atoms with Crippen LogP contribution in [0, 0.1) is 5.82 Å². The van der Waals surface area contributed by atoms with Crippen LogP contribution in [-0.2, 0) is 29.7 Å². The lowest BCUT2D eigenvalue weighted by atomic mass is 9.95. The van der Waals surface area contributed by atoms with Crippen LogP contribution in [0.25, 0.3) is 33.0 Å². The molecule has 0 radical (unpaired) electrons. The van der Waals surface area contributed by atoms with Gasteiger partial charge in [0.25, 0.3) is 5.56 Å². The van der Waals surface area contributed by atoms with E-state index in [4.69, 9.17) is 4.74 Å². The highest BCUT2D eigenvalue weighted by atomic mass is 32.2. The molecule has 33 heavy (non-hydrogen) atoms. The normalized spacial score (nSPS) is 11.8. The predicted molar refractivity (Wildman–Crippen MR) is 127 cm³/mol. The van der Waals surface area contributed by atoms with Crippen LogP contribution >= 0.6 is 0 Å². The maximum Gasteiger partial charge on any atom is 0.258 e. The minimum absolute atomic E-state index is 0.0538. The Kier molecular flexibility index (Phi) is 5.84. The molecule has 0 fully saturated rings. The fourth-order valence-corrected chi connectivity index (χ4v) is 4.76. The highest BCUT2D eigenvalue weighted by Crippen LogP contribution is 2.37. The zero-order valence-electron chi connectivity index (χ0n) is 18.8. The summed E-state index contributed by atoms with van der Waals surface area (Å²) in [5.41, 5.74) is 2.75. The molecule has 0 unspecified atom stereocenters. The van der Waals surface area contributed by atoms with Crippen molar-refractivity contribution in [3.05, 3.63) is 70.7 Å². The molecular weight excluding hydrogens is 445 g/mol. The Morgan fingerprint density at radius 3 is 2.42 bits per heavy atom. The smallest absolute Gasteiger partial charge is 0.258 e. The van der Waals surface area contributed by atoms with Crippen molar-refractivity contribution >= 4 is 20.6 Å². The van der Waals surface area contributed by atoms with E-state index in [9.17, 15) is 17.6 Å². The zero-order chi connectivity index (χ0) is 23.9. The third-order valence-electron chi connectivity index (χ3n) is 5.70. The third kappa shape index (κ3) is 4.28. The van der Waals surface area contributed by atoms with Crippen LogP contribution in [0.4, 0.5) is 4.39 Å². The molecule has 0 aliphatic carbocycles. The highest BCUT2D eigenvalue weighted by molar-refractivity contribution is 7.90. The average Bonchev–Trinajstić information content (AvgIpc) is 3.23. The molecule has 0 atom stereocenters. The number of rotatable bonds is 6. The van der Waals surface area contributed by atoms with Crippen LogP contribution in [0.5, 0.6) is 5.75 Å². The summed E-state index contributed by atoms with van der Waals surface area (Å²) in [6.07, 6.45) is 5.26. The second kappa shape index (κ2) is 8.47. The quantitative estimate of drug-likeness (QED) is 0.430. The molecule has 0 aliphatic rings. The van der Waals surface area contributed by atoms with Gasteiger partial charge in [0, 0.05) is 65.9 Å². The standard InChI is InChI=1S/C24H24FN3O4S/c1-5-33(30,31)14-16-9-20(23(32-4)10-22(16)25)21-13-27(2)24(29)18-7-6-15(8-19(18)21)17-11-26-28(3)12-17/h6-13H,5,14H2,1-4H3. The third-order valence-corrected chi connectivity index (χ3v) is 7.33. The van der Waals surface area contributed by atoms with Gasteiger partial charge in [0.15, 0.2) is 9.84 Å². The summed E-state index contributed by atoms with van der Waals surface area (Å²) in [5, 5.41) is 5.34. The van der Waals surface area contributed by atoms with Gasteiger partial charge in [0.2, 0.25) is 0 Å². The number of methoxy groups -OCH3 is 1. The summed E-state index contributed by atoms with van der Waals surface area (Å²) in [5.74, 6) is -0.920. The number of hydrogen-bond acceptors (Lipinski definition) is 5. The maximum atomic E-state index is 14.7. The Balaban J connectivity index is 2.02. The summed E-state index contributed by atoms with van der Waals surface area (Å²) in [7, 11) is 1.42. The summed E-state index contributed by atoms with van der Waals surface area (Å²) in [6, 6.07) is 8.18. The monoisotopic (exact) mass is 469 g/mol. The van der Waals surface area contributed by atoms with Crippen LogP contribution in [-0.4, -0.2) is 35.6 Å². The summed E-state index contributed by atoms with van der Waals surface area (Å²) in [6.45, 7) is 1.53. The number of halogens is 1. The van der Waals surface area contributed by atoms with Gasteiger partial charge in [-0.3, -0.25) is 9.48 Å². The number of aromatic nitrogens is 3. The second-order valence-corrected chi connectivity index (χ2v) is 10.3. The molecule has 0 saturated heterocycles. The van der Waals surface area contributed by atoms with E-state index in [1.54, 1.807) is 30.2 Å². The van der Waals surface area contributed by atoms with Crippen molar-refractivity contribution < 1.29 is 17.5 Å². The fourth-order valence-electron chi connectivity index (χ4n) is 3.86. The lowest BCUT2D eigenvalue weighted by Gasteiger charge is -2.16. The lowest BCUT2D eigenvalue weighted by Crippen LogP contribution is -2.16. The summed E-state index contributed by atoms with van der Waals surface area (Å²) >= 11 is 0. The molecule has 2 heterocycles. The van der Waals surface area contributed by atoms with Gasteiger partial charge in [0.05, 0.1) is 19.1 Å². The fraction of sp³-hybridized carbons (Fsp3) is 0.250. The molecule has 0 N–H and O–H groups in total. The second-order valence-electron chi connectivity index (χ2n) is 7.94. The van der Waals surface area contributed by atoms with E-state index in [1.807, 2.05) is 25.4 Å². The number of sulfone groups is 1. The minimum atomic E-state index is -3.46. The van der Waals surface area contributed by atoms with Crippen molar-refractivity contribution in [3.8, 4) is 28.0 Å². The average molecular weight is 470 g/mol. The van der Waals surface area contributed by atoms with Crippen molar-refractivity contribution in [3.63, 3.8) is 0 Å². The molecular formula is C24H24FN3O4S. The molecule has 9 heteroatoms. The summed E-state index contributed by atoms with van der Waals surface area (Å²) < 4.78 is 47.7. The molecule has 0 spiro atoms. The van der Waals surface area contributed by atoms with Gasteiger partial charge >= 0.3 is 0 Å². The predicted octanol–water partition coefficient (Wildman–Crippen LogP) is 3.69. The number of fused-ring (bicyclic) bond motifs is 1. The van der Waals surface area contributed by atoms with Crippen LogP contribution in [0.2, 0.25) is 0 Å². The number of nitrogens with zero attached hydrogens (tertiary/aromatic N) is 3. The molecule has 7 nitrogen and oxygen atoms in total. The van der Waals surface area contributed by atoms with E-state index in [2.05, 4.69) is 5.10 Å². The van der Waals surface area contributed by atoms with Crippen LogP contribution in [0.3, 0.4) is 0 Å². The van der Waals surface area contributed by atoms with Crippen LogP contribution in [0.1, 0.15) is 12.5 Å². The molecule has 4 aromatic rings. The van der Waals surface area contributed by atoms with Gasteiger partial charge < -0.3 is 9.30 Å². The summed E-state index contributed by atoms with van der Waals surface area (Å²) in [4.78, 5) is 12.8. The van der Waals surface area contributed by atoms with E-state index in [0.717, 1.165) is 11.1 Å². The molecule has 2 aromatic carbocycles. The first-order valence-corrected chi connectivity index (χ1v) is 12.1. The number of hydrogen-bond donors (Lipinski definition) is 0. The van der Waals surface area contributed by atoms with Crippen molar-refractivity contribution in [2.45, 2.75) is 12.7 Å². The number of ether oxygens (including phenoxy) is 1. The van der Waals surface area contributed by atoms with Gasteiger partial charge in [-0.15, -0.1) is 0 Å². The highest BCUT2D eigenvalue weighted by Gasteiger charge is 2.20. The molecule has 2 aromatic heterocycles.